The van der Waals surface area contributed by atoms with Gasteiger partial charge in [-0.25, -0.2) is 0 Å². The molecule has 272 valence electrons. The summed E-state index contributed by atoms with van der Waals surface area (Å²) in [5.41, 5.74) is 13.3. The van der Waals surface area contributed by atoms with E-state index in [9.17, 15) is 0 Å². The van der Waals surface area contributed by atoms with Crippen LogP contribution in [0, 0.1) is 0 Å². The van der Waals surface area contributed by atoms with E-state index >= 15 is 0 Å². The zero-order valence-electron chi connectivity index (χ0n) is 31.3. The maximum absolute atomic E-state index is 6.76. The van der Waals surface area contributed by atoms with Crippen LogP contribution in [-0.2, 0) is 0 Å². The van der Waals surface area contributed by atoms with Crippen molar-refractivity contribution in [1.82, 2.24) is 4.57 Å². The van der Waals surface area contributed by atoms with Crippen LogP contribution in [0.3, 0.4) is 0 Å². The van der Waals surface area contributed by atoms with Crippen LogP contribution in [-0.4, -0.2) is 4.57 Å². The second kappa shape index (κ2) is 12.9. The molecule has 0 radical (unpaired) electrons. The average Bonchev–Trinajstić information content (AvgIpc) is 3.97. The van der Waals surface area contributed by atoms with Gasteiger partial charge in [0.25, 0.3) is 0 Å². The SMILES string of the molecule is c1ccc(-c2ccc(N(c3ccc(-c4cccc5oc6c(c7ccccc7n6-c6ccccc6)c45)cc3)c3cccc4c3oc3ccccc34)c3ccccc23)cc1. The van der Waals surface area contributed by atoms with Crippen molar-refractivity contribution in [3.8, 4) is 27.9 Å². The van der Waals surface area contributed by atoms with Crippen molar-refractivity contribution < 1.29 is 8.83 Å². The lowest BCUT2D eigenvalue weighted by Gasteiger charge is -2.27. The normalized spacial score (nSPS) is 11.8. The van der Waals surface area contributed by atoms with Crippen LogP contribution in [0.4, 0.5) is 17.1 Å². The number of rotatable bonds is 6. The van der Waals surface area contributed by atoms with Crippen LogP contribution in [0.15, 0.2) is 215 Å². The first-order valence-corrected chi connectivity index (χ1v) is 19.7. The zero-order valence-corrected chi connectivity index (χ0v) is 31.3. The second-order valence-corrected chi connectivity index (χ2v) is 14.8. The van der Waals surface area contributed by atoms with Gasteiger partial charge in [-0.05, 0) is 82.2 Å². The highest BCUT2D eigenvalue weighted by Crippen LogP contribution is 2.47. The van der Waals surface area contributed by atoms with Crippen LogP contribution in [0.5, 0.6) is 0 Å². The average molecular weight is 743 g/mol. The largest absolute Gasteiger partial charge is 0.454 e. The molecular weight excluding hydrogens is 709 g/mol. The van der Waals surface area contributed by atoms with Crippen molar-refractivity contribution >= 4 is 82.7 Å². The van der Waals surface area contributed by atoms with E-state index in [0.717, 1.165) is 88.8 Å². The van der Waals surface area contributed by atoms with E-state index in [4.69, 9.17) is 8.83 Å². The lowest BCUT2D eigenvalue weighted by atomic mass is 9.96. The fourth-order valence-electron chi connectivity index (χ4n) is 9.06. The molecule has 0 bridgehead atoms. The Hall–Kier alpha value is -7.82. The number of hydrogen-bond donors (Lipinski definition) is 0. The predicted molar refractivity (Wildman–Crippen MR) is 241 cm³/mol. The molecule has 58 heavy (non-hydrogen) atoms. The van der Waals surface area contributed by atoms with E-state index < -0.39 is 0 Å². The summed E-state index contributed by atoms with van der Waals surface area (Å²) < 4.78 is 15.7. The fraction of sp³-hybridized carbons (Fsp3) is 0. The molecule has 4 heteroatoms. The summed E-state index contributed by atoms with van der Waals surface area (Å²) >= 11 is 0. The molecule has 4 nitrogen and oxygen atoms in total. The van der Waals surface area contributed by atoms with Gasteiger partial charge in [0.05, 0.1) is 22.3 Å². The van der Waals surface area contributed by atoms with Crippen molar-refractivity contribution in [2.24, 2.45) is 0 Å². The molecule has 0 N–H and O–H groups in total. The Balaban J connectivity index is 1.07. The van der Waals surface area contributed by atoms with E-state index in [2.05, 4.69) is 198 Å². The number of fused-ring (bicyclic) bond motifs is 9. The molecule has 3 heterocycles. The molecule has 0 aliphatic heterocycles. The Labute approximate surface area is 334 Å². The number of aromatic nitrogens is 1. The Morgan fingerprint density at radius 2 is 1.00 bits per heavy atom. The third-order valence-electron chi connectivity index (χ3n) is 11.6. The van der Waals surface area contributed by atoms with Gasteiger partial charge in [-0.15, -0.1) is 0 Å². The van der Waals surface area contributed by atoms with Gasteiger partial charge in [0.2, 0.25) is 5.71 Å². The number of hydrogen-bond acceptors (Lipinski definition) is 3. The smallest absolute Gasteiger partial charge is 0.213 e. The van der Waals surface area contributed by atoms with Crippen molar-refractivity contribution in [3.63, 3.8) is 0 Å². The summed E-state index contributed by atoms with van der Waals surface area (Å²) in [6.45, 7) is 0. The van der Waals surface area contributed by atoms with E-state index in [-0.39, 0.29) is 0 Å². The summed E-state index contributed by atoms with van der Waals surface area (Å²) in [4.78, 5) is 2.36. The number of benzene rings is 9. The highest BCUT2D eigenvalue weighted by Gasteiger charge is 2.24. The summed E-state index contributed by atoms with van der Waals surface area (Å²) in [5.74, 6) is 0. The van der Waals surface area contributed by atoms with Crippen LogP contribution >= 0.6 is 0 Å². The second-order valence-electron chi connectivity index (χ2n) is 14.8. The van der Waals surface area contributed by atoms with Crippen molar-refractivity contribution in [2.75, 3.05) is 4.90 Å². The summed E-state index contributed by atoms with van der Waals surface area (Å²) in [5, 5.41) is 7.94. The van der Waals surface area contributed by atoms with E-state index in [0.29, 0.717) is 0 Å². The van der Waals surface area contributed by atoms with E-state index in [1.807, 2.05) is 18.2 Å². The summed E-state index contributed by atoms with van der Waals surface area (Å²) in [6.07, 6.45) is 0. The van der Waals surface area contributed by atoms with Gasteiger partial charge in [-0.2, -0.15) is 0 Å². The predicted octanol–water partition coefficient (Wildman–Crippen LogP) is 15.4. The van der Waals surface area contributed by atoms with Crippen LogP contribution < -0.4 is 4.90 Å². The first kappa shape index (κ1) is 32.4. The first-order chi connectivity index (χ1) is 28.8. The highest BCUT2D eigenvalue weighted by atomic mass is 16.3. The lowest BCUT2D eigenvalue weighted by molar-refractivity contribution is 0.645. The van der Waals surface area contributed by atoms with Crippen molar-refractivity contribution in [1.29, 1.82) is 0 Å². The molecule has 0 aliphatic carbocycles. The Kier molecular flexibility index (Phi) is 7.20. The maximum Gasteiger partial charge on any atom is 0.213 e. The number of anilines is 3. The van der Waals surface area contributed by atoms with Gasteiger partial charge in [0, 0.05) is 38.3 Å². The summed E-state index contributed by atoms with van der Waals surface area (Å²) in [7, 11) is 0. The molecule has 0 saturated heterocycles. The molecule has 9 aromatic carbocycles. The quantitative estimate of drug-likeness (QED) is 0.170. The van der Waals surface area contributed by atoms with Gasteiger partial charge in [-0.3, -0.25) is 4.57 Å². The molecule has 0 spiro atoms. The van der Waals surface area contributed by atoms with Crippen LogP contribution in [0.25, 0.3) is 93.6 Å². The van der Waals surface area contributed by atoms with Crippen LogP contribution in [0.2, 0.25) is 0 Å². The number of furan rings is 2. The van der Waals surface area contributed by atoms with Gasteiger partial charge in [-0.1, -0.05) is 152 Å². The number of para-hydroxylation sites is 4. The van der Waals surface area contributed by atoms with Gasteiger partial charge in [0.15, 0.2) is 5.58 Å². The zero-order chi connectivity index (χ0) is 38.2. The Bertz CT molecular complexity index is 3500. The minimum Gasteiger partial charge on any atom is -0.454 e. The maximum atomic E-state index is 6.76. The van der Waals surface area contributed by atoms with Crippen molar-refractivity contribution in [2.45, 2.75) is 0 Å². The third-order valence-corrected chi connectivity index (χ3v) is 11.6. The van der Waals surface area contributed by atoms with Crippen LogP contribution in [0.1, 0.15) is 0 Å². The molecule has 0 saturated carbocycles. The number of nitrogens with zero attached hydrogens (tertiary/aromatic N) is 2. The van der Waals surface area contributed by atoms with Gasteiger partial charge in [0.1, 0.15) is 11.2 Å². The Morgan fingerprint density at radius 3 is 1.83 bits per heavy atom. The molecular formula is C54H34N2O2. The molecule has 12 aromatic rings. The third kappa shape index (κ3) is 4.88. The monoisotopic (exact) mass is 742 g/mol. The summed E-state index contributed by atoms with van der Waals surface area (Å²) in [6, 6.07) is 73.0. The van der Waals surface area contributed by atoms with Gasteiger partial charge >= 0.3 is 0 Å². The Morgan fingerprint density at radius 1 is 0.362 bits per heavy atom. The molecule has 0 unspecified atom stereocenters. The molecule has 12 rings (SSSR count). The standard InChI is InChI=1S/C54H34N2O2/c1-3-15-35(16-4-1)39-33-34-47(42-20-8-7-19-41(39)42)55(48-26-13-24-44-43-21-10-12-27-49(43)57-53(44)48)38-31-29-36(30-32-38)40-23-14-28-50-51(40)52-45-22-9-11-25-46(45)56(54(52)58-50)37-17-5-2-6-18-37/h1-34H. The highest BCUT2D eigenvalue weighted by molar-refractivity contribution is 6.23. The van der Waals surface area contributed by atoms with Crippen molar-refractivity contribution in [3.05, 3.63) is 206 Å². The fourth-order valence-corrected chi connectivity index (χ4v) is 9.06. The van der Waals surface area contributed by atoms with E-state index in [1.165, 1.54) is 21.9 Å². The van der Waals surface area contributed by atoms with Gasteiger partial charge < -0.3 is 13.7 Å². The molecule has 0 atom stereocenters. The minimum atomic E-state index is 0.849. The molecule has 0 aliphatic rings. The molecule has 3 aromatic heterocycles. The molecule has 0 amide bonds. The first-order valence-electron chi connectivity index (χ1n) is 19.7. The minimum absolute atomic E-state index is 0.849. The topological polar surface area (TPSA) is 34.5 Å². The van der Waals surface area contributed by atoms with E-state index in [1.54, 1.807) is 0 Å². The lowest BCUT2D eigenvalue weighted by Crippen LogP contribution is -2.11. The molecule has 0 fully saturated rings.